The van der Waals surface area contributed by atoms with Crippen LogP contribution in [0, 0.1) is 0 Å². The van der Waals surface area contributed by atoms with E-state index in [0.29, 0.717) is 6.08 Å². The molecule has 0 aromatic rings. The second kappa shape index (κ2) is 5.86. The normalized spacial score (nSPS) is 16.6. The first-order valence-electron chi connectivity index (χ1n) is 4.73. The number of hydrogen-bond donors (Lipinski definition) is 0. The second-order valence-corrected chi connectivity index (χ2v) is 2.91. The number of ether oxygens (including phenoxy) is 2. The summed E-state index contributed by atoms with van der Waals surface area (Å²) >= 11 is 0. The van der Waals surface area contributed by atoms with Gasteiger partial charge < -0.3 is 9.47 Å². The average molecular weight is 171 g/mol. The van der Waals surface area contributed by atoms with Crippen molar-refractivity contribution < 1.29 is 9.47 Å². The Morgan fingerprint density at radius 2 is 2.42 bits per heavy atom. The van der Waals surface area contributed by atoms with Gasteiger partial charge in [-0.05, 0) is 6.42 Å². The van der Waals surface area contributed by atoms with Gasteiger partial charge in [0, 0.05) is 13.0 Å². The van der Waals surface area contributed by atoms with E-state index in [0.717, 1.165) is 32.6 Å². The largest absolute Gasteiger partial charge is 0.451 e. The highest BCUT2D eigenvalue weighted by molar-refractivity contribution is 5.67. The highest BCUT2D eigenvalue weighted by Gasteiger charge is 2.05. The lowest BCUT2D eigenvalue weighted by Gasteiger charge is -2.13. The fraction of sp³-hybridized carbons (Fsp3) is 0.889. The topological polar surface area (TPSA) is 30.8 Å². The summed E-state index contributed by atoms with van der Waals surface area (Å²) in [5.74, 6) is 0. The lowest BCUT2D eigenvalue weighted by molar-refractivity contribution is 0.149. The van der Waals surface area contributed by atoms with Crippen LogP contribution >= 0.6 is 0 Å². The van der Waals surface area contributed by atoms with Crippen molar-refractivity contribution in [3.8, 4) is 0 Å². The predicted molar refractivity (Wildman–Crippen MR) is 48.3 cm³/mol. The van der Waals surface area contributed by atoms with Gasteiger partial charge in [0.25, 0.3) is 0 Å². The highest BCUT2D eigenvalue weighted by atomic mass is 16.7. The fourth-order valence-electron chi connectivity index (χ4n) is 1.04. The van der Waals surface area contributed by atoms with Crippen LogP contribution in [0.3, 0.4) is 0 Å². The van der Waals surface area contributed by atoms with Crippen molar-refractivity contribution >= 4 is 6.08 Å². The Morgan fingerprint density at radius 3 is 3.08 bits per heavy atom. The zero-order valence-corrected chi connectivity index (χ0v) is 7.71. The average Bonchev–Trinajstić information content (AvgIpc) is 2.14. The van der Waals surface area contributed by atoms with E-state index in [1.165, 1.54) is 12.8 Å². The molecule has 1 rings (SSSR count). The Kier molecular flexibility index (Phi) is 4.57. The lowest BCUT2D eigenvalue weighted by atomic mass is 10.3. The van der Waals surface area contributed by atoms with Crippen LogP contribution in [-0.4, -0.2) is 25.8 Å². The van der Waals surface area contributed by atoms with E-state index < -0.39 is 0 Å². The van der Waals surface area contributed by atoms with E-state index in [4.69, 9.17) is 9.47 Å². The third-order valence-electron chi connectivity index (χ3n) is 1.74. The molecule has 3 heteroatoms. The van der Waals surface area contributed by atoms with Crippen molar-refractivity contribution in [3.05, 3.63) is 0 Å². The van der Waals surface area contributed by atoms with E-state index in [9.17, 15) is 0 Å². The molecule has 0 radical (unpaired) electrons. The van der Waals surface area contributed by atoms with Crippen LogP contribution in [0.2, 0.25) is 0 Å². The monoisotopic (exact) mass is 171 g/mol. The fourth-order valence-corrected chi connectivity index (χ4v) is 1.04. The Morgan fingerprint density at radius 1 is 1.50 bits per heavy atom. The summed E-state index contributed by atoms with van der Waals surface area (Å²) in [7, 11) is 0. The van der Waals surface area contributed by atoms with Crippen LogP contribution in [0.4, 0.5) is 0 Å². The highest BCUT2D eigenvalue weighted by Crippen LogP contribution is 2.00. The summed E-state index contributed by atoms with van der Waals surface area (Å²) < 4.78 is 10.5. The van der Waals surface area contributed by atoms with Crippen molar-refractivity contribution in [1.29, 1.82) is 0 Å². The van der Waals surface area contributed by atoms with E-state index in [1.807, 2.05) is 0 Å². The summed E-state index contributed by atoms with van der Waals surface area (Å²) in [6, 6.07) is 0. The Hall–Kier alpha value is -0.730. The van der Waals surface area contributed by atoms with Crippen molar-refractivity contribution in [2.75, 3.05) is 19.8 Å². The van der Waals surface area contributed by atoms with E-state index in [1.54, 1.807) is 0 Å². The summed E-state index contributed by atoms with van der Waals surface area (Å²) in [5, 5.41) is 0. The van der Waals surface area contributed by atoms with E-state index >= 15 is 0 Å². The molecular weight excluding hydrogens is 154 g/mol. The number of hydrogen-bond acceptors (Lipinski definition) is 3. The molecule has 1 aliphatic heterocycles. The molecule has 0 aliphatic carbocycles. The van der Waals surface area contributed by atoms with Crippen LogP contribution in [0.15, 0.2) is 4.99 Å². The standard InChI is InChI=1S/C9H17NO2/c1-2-3-4-7-11-9-10-6-5-8-12-9/h2-8H2,1H3. The molecule has 1 aliphatic rings. The summed E-state index contributed by atoms with van der Waals surface area (Å²) in [5.41, 5.74) is 0. The Labute approximate surface area is 73.8 Å². The van der Waals surface area contributed by atoms with Gasteiger partial charge in [0.15, 0.2) is 0 Å². The van der Waals surface area contributed by atoms with Crippen LogP contribution in [0.5, 0.6) is 0 Å². The zero-order valence-electron chi connectivity index (χ0n) is 7.71. The minimum Gasteiger partial charge on any atom is -0.451 e. The first kappa shape index (κ1) is 9.36. The zero-order chi connectivity index (χ0) is 8.65. The minimum absolute atomic E-state index is 0.498. The van der Waals surface area contributed by atoms with Crippen molar-refractivity contribution in [3.63, 3.8) is 0 Å². The molecular formula is C9H17NO2. The smallest absolute Gasteiger partial charge is 0.383 e. The molecule has 0 atom stereocenters. The Bertz CT molecular complexity index is 145. The van der Waals surface area contributed by atoms with Gasteiger partial charge in [-0.2, -0.15) is 0 Å². The van der Waals surface area contributed by atoms with Crippen LogP contribution in [0.1, 0.15) is 32.6 Å². The van der Waals surface area contributed by atoms with Crippen molar-refractivity contribution in [2.24, 2.45) is 4.99 Å². The molecule has 70 valence electrons. The number of rotatable bonds is 4. The molecule has 1 heterocycles. The summed E-state index contributed by atoms with van der Waals surface area (Å²) in [4.78, 5) is 4.10. The first-order valence-corrected chi connectivity index (χ1v) is 4.73. The maximum atomic E-state index is 5.31. The van der Waals surface area contributed by atoms with Gasteiger partial charge in [-0.25, -0.2) is 4.99 Å². The van der Waals surface area contributed by atoms with Gasteiger partial charge >= 0.3 is 6.08 Å². The van der Waals surface area contributed by atoms with Gasteiger partial charge in [-0.15, -0.1) is 0 Å². The molecule has 3 nitrogen and oxygen atoms in total. The van der Waals surface area contributed by atoms with Crippen LogP contribution in [-0.2, 0) is 9.47 Å². The number of aliphatic imine (C=N–C) groups is 1. The molecule has 12 heavy (non-hydrogen) atoms. The molecule has 0 unspecified atom stereocenters. The quantitative estimate of drug-likeness (QED) is 0.605. The van der Waals surface area contributed by atoms with Gasteiger partial charge in [-0.3, -0.25) is 0 Å². The van der Waals surface area contributed by atoms with Gasteiger partial charge in [-0.1, -0.05) is 19.8 Å². The molecule has 0 saturated carbocycles. The number of nitrogens with zero attached hydrogens (tertiary/aromatic N) is 1. The maximum absolute atomic E-state index is 5.31. The van der Waals surface area contributed by atoms with Crippen LogP contribution in [0.25, 0.3) is 0 Å². The summed E-state index contributed by atoms with van der Waals surface area (Å²) in [6.07, 6.45) is 5.04. The van der Waals surface area contributed by atoms with Gasteiger partial charge in [0.1, 0.15) is 0 Å². The maximum Gasteiger partial charge on any atom is 0.383 e. The summed E-state index contributed by atoms with van der Waals surface area (Å²) in [6.45, 7) is 4.52. The third kappa shape index (κ3) is 3.60. The van der Waals surface area contributed by atoms with Crippen LogP contribution < -0.4 is 0 Å². The van der Waals surface area contributed by atoms with Crippen molar-refractivity contribution in [1.82, 2.24) is 0 Å². The molecule has 0 spiro atoms. The van der Waals surface area contributed by atoms with Gasteiger partial charge in [0.2, 0.25) is 0 Å². The Balaban J connectivity index is 2.01. The van der Waals surface area contributed by atoms with E-state index in [2.05, 4.69) is 11.9 Å². The van der Waals surface area contributed by atoms with Crippen molar-refractivity contribution in [2.45, 2.75) is 32.6 Å². The first-order chi connectivity index (χ1) is 5.93. The SMILES string of the molecule is CCCCCOC1=NCCCO1. The second-order valence-electron chi connectivity index (χ2n) is 2.91. The third-order valence-corrected chi connectivity index (χ3v) is 1.74. The predicted octanol–water partition coefficient (Wildman–Crippen LogP) is 1.97. The van der Waals surface area contributed by atoms with Gasteiger partial charge in [0.05, 0.1) is 13.2 Å². The molecule has 0 aromatic heterocycles. The molecule has 0 N–H and O–H groups in total. The minimum atomic E-state index is 0.498. The molecule has 0 bridgehead atoms. The lowest BCUT2D eigenvalue weighted by Crippen LogP contribution is -2.17. The molecule has 0 aromatic carbocycles. The molecule has 0 amide bonds. The van der Waals surface area contributed by atoms with E-state index in [-0.39, 0.29) is 0 Å². The molecule has 0 saturated heterocycles. The number of unbranched alkanes of at least 4 members (excludes halogenated alkanes) is 2. The molecule has 0 fully saturated rings.